The zero-order chi connectivity index (χ0) is 17.1. The second-order valence-corrected chi connectivity index (χ2v) is 8.26. The number of benzene rings is 1. The summed E-state index contributed by atoms with van der Waals surface area (Å²) in [5, 5.41) is 0. The topological polar surface area (TPSA) is 60.4 Å². The zero-order valence-corrected chi connectivity index (χ0v) is 14.6. The van der Waals surface area contributed by atoms with Crippen LogP contribution in [0.25, 0.3) is 0 Å². The van der Waals surface area contributed by atoms with E-state index in [1.807, 2.05) is 6.92 Å². The Kier molecular flexibility index (Phi) is 5.30. The molecule has 0 radical (unpaired) electrons. The second-order valence-electron chi connectivity index (χ2n) is 6.03. The van der Waals surface area contributed by atoms with Gasteiger partial charge in [-0.2, -0.15) is 0 Å². The molecule has 2 atom stereocenters. The molecule has 1 aromatic carbocycles. The predicted octanol–water partition coefficient (Wildman–Crippen LogP) is 3.45. The summed E-state index contributed by atoms with van der Waals surface area (Å²) >= 11 is 0. The molecule has 2 unspecified atom stereocenters. The van der Waals surface area contributed by atoms with Crippen LogP contribution in [0.15, 0.2) is 41.8 Å². The van der Waals surface area contributed by atoms with Gasteiger partial charge >= 0.3 is 5.97 Å². The number of hydrogen-bond acceptors (Lipinski definition) is 4. The molecule has 1 saturated carbocycles. The fourth-order valence-electron chi connectivity index (χ4n) is 3.34. The van der Waals surface area contributed by atoms with Crippen LogP contribution in [0.5, 0.6) is 0 Å². The average molecular weight is 336 g/mol. The molecule has 0 aliphatic heterocycles. The van der Waals surface area contributed by atoms with Crippen LogP contribution in [0.4, 0.5) is 0 Å². The first-order chi connectivity index (χ1) is 10.9. The fraction of sp³-hybridized carbons (Fsp3) is 0.500. The van der Waals surface area contributed by atoms with E-state index in [1.54, 1.807) is 31.2 Å². The third-order valence-corrected chi connectivity index (χ3v) is 7.20. The lowest BCUT2D eigenvalue weighted by Crippen LogP contribution is -2.49. The van der Waals surface area contributed by atoms with Gasteiger partial charge in [0.2, 0.25) is 0 Å². The van der Waals surface area contributed by atoms with Gasteiger partial charge in [-0.25, -0.2) is 8.42 Å². The first-order valence-corrected chi connectivity index (χ1v) is 9.49. The van der Waals surface area contributed by atoms with Crippen molar-refractivity contribution in [2.24, 2.45) is 5.92 Å². The number of rotatable bonds is 5. The molecule has 0 saturated heterocycles. The number of ether oxygens (including phenoxy) is 1. The highest BCUT2D eigenvalue weighted by atomic mass is 32.2. The molecule has 1 aliphatic rings. The van der Waals surface area contributed by atoms with E-state index in [2.05, 4.69) is 6.58 Å². The van der Waals surface area contributed by atoms with Gasteiger partial charge in [-0.05, 0) is 38.8 Å². The molecule has 0 N–H and O–H groups in total. The molecule has 1 fully saturated rings. The third-order valence-electron chi connectivity index (χ3n) is 4.65. The molecule has 0 spiro atoms. The van der Waals surface area contributed by atoms with Crippen molar-refractivity contribution < 1.29 is 17.9 Å². The standard InChI is InChI=1S/C18H24O4S/c1-4-18(13-7-6-8-16(18)17(19)22-5-2)23(20,21)15-11-9-14(3)10-12-15/h4,9-12,16H,1,5-8,13H2,2-3H3. The van der Waals surface area contributed by atoms with Crippen molar-refractivity contribution in [1.82, 2.24) is 0 Å². The van der Waals surface area contributed by atoms with Crippen molar-refractivity contribution in [2.75, 3.05) is 6.61 Å². The van der Waals surface area contributed by atoms with E-state index in [0.29, 0.717) is 12.8 Å². The summed E-state index contributed by atoms with van der Waals surface area (Å²) in [6.45, 7) is 7.65. The molecule has 0 aromatic heterocycles. The summed E-state index contributed by atoms with van der Waals surface area (Å²) in [5.74, 6) is -1.14. The van der Waals surface area contributed by atoms with E-state index in [-0.39, 0.29) is 11.5 Å². The van der Waals surface area contributed by atoms with Crippen molar-refractivity contribution >= 4 is 15.8 Å². The van der Waals surface area contributed by atoms with Gasteiger partial charge in [-0.1, -0.05) is 36.6 Å². The van der Waals surface area contributed by atoms with Crippen LogP contribution in [-0.4, -0.2) is 25.7 Å². The Balaban J connectivity index is 2.53. The molecule has 1 aliphatic carbocycles. The summed E-state index contributed by atoms with van der Waals surface area (Å²) < 4.78 is 30.4. The first kappa shape index (κ1) is 17.7. The SMILES string of the molecule is C=CC1(S(=O)(=O)c2ccc(C)cc2)CCCCC1C(=O)OCC. The number of carbonyl (C=O) groups is 1. The molecule has 0 bridgehead atoms. The predicted molar refractivity (Wildman–Crippen MR) is 89.9 cm³/mol. The molecule has 5 heteroatoms. The Hall–Kier alpha value is -1.62. The third kappa shape index (κ3) is 3.07. The molecular formula is C18H24O4S. The van der Waals surface area contributed by atoms with Gasteiger partial charge in [0.05, 0.1) is 17.4 Å². The number of hydrogen-bond donors (Lipinski definition) is 0. The van der Waals surface area contributed by atoms with E-state index in [4.69, 9.17) is 4.74 Å². The number of esters is 1. The maximum absolute atomic E-state index is 13.3. The Morgan fingerprint density at radius 2 is 2.00 bits per heavy atom. The van der Waals surface area contributed by atoms with E-state index in [1.165, 1.54) is 6.08 Å². The Bertz CT molecular complexity index is 675. The van der Waals surface area contributed by atoms with E-state index in [9.17, 15) is 13.2 Å². The largest absolute Gasteiger partial charge is 0.466 e. The normalized spacial score (nSPS) is 24.9. The first-order valence-electron chi connectivity index (χ1n) is 8.00. The lowest BCUT2D eigenvalue weighted by atomic mass is 9.78. The van der Waals surface area contributed by atoms with Crippen LogP contribution < -0.4 is 0 Å². The Morgan fingerprint density at radius 3 is 2.57 bits per heavy atom. The van der Waals surface area contributed by atoms with Crippen LogP contribution in [0, 0.1) is 12.8 Å². The molecular weight excluding hydrogens is 312 g/mol. The summed E-state index contributed by atoms with van der Waals surface area (Å²) in [6.07, 6.45) is 3.94. The van der Waals surface area contributed by atoms with Crippen molar-refractivity contribution in [1.29, 1.82) is 0 Å². The van der Waals surface area contributed by atoms with Crippen molar-refractivity contribution in [3.63, 3.8) is 0 Å². The molecule has 0 amide bonds. The molecule has 0 heterocycles. The smallest absolute Gasteiger partial charge is 0.310 e. The highest BCUT2D eigenvalue weighted by Crippen LogP contribution is 2.44. The van der Waals surface area contributed by atoms with E-state index >= 15 is 0 Å². The van der Waals surface area contributed by atoms with Gasteiger partial charge in [0, 0.05) is 0 Å². The minimum Gasteiger partial charge on any atom is -0.466 e. The molecule has 23 heavy (non-hydrogen) atoms. The lowest BCUT2D eigenvalue weighted by Gasteiger charge is -2.39. The summed E-state index contributed by atoms with van der Waals surface area (Å²) in [6, 6.07) is 6.75. The number of sulfone groups is 1. The van der Waals surface area contributed by atoms with Gasteiger partial charge in [0.15, 0.2) is 9.84 Å². The molecule has 126 valence electrons. The monoisotopic (exact) mass is 336 g/mol. The van der Waals surface area contributed by atoms with Gasteiger partial charge in [0.25, 0.3) is 0 Å². The number of carbonyl (C=O) groups excluding carboxylic acids is 1. The van der Waals surface area contributed by atoms with Gasteiger partial charge in [0.1, 0.15) is 4.75 Å². The lowest BCUT2D eigenvalue weighted by molar-refractivity contribution is -0.149. The maximum Gasteiger partial charge on any atom is 0.310 e. The highest BCUT2D eigenvalue weighted by Gasteiger charge is 2.53. The zero-order valence-electron chi connectivity index (χ0n) is 13.7. The van der Waals surface area contributed by atoms with E-state index < -0.39 is 26.5 Å². The Labute approximate surface area is 138 Å². The second kappa shape index (κ2) is 6.87. The Morgan fingerprint density at radius 1 is 1.35 bits per heavy atom. The quantitative estimate of drug-likeness (QED) is 0.610. The number of aryl methyl sites for hydroxylation is 1. The van der Waals surface area contributed by atoms with Crippen LogP contribution in [0.2, 0.25) is 0 Å². The van der Waals surface area contributed by atoms with Crippen LogP contribution in [0.1, 0.15) is 38.2 Å². The summed E-state index contributed by atoms with van der Waals surface area (Å²) in [4.78, 5) is 12.6. The average Bonchev–Trinajstić information content (AvgIpc) is 2.55. The van der Waals surface area contributed by atoms with Crippen molar-refractivity contribution in [3.8, 4) is 0 Å². The minimum absolute atomic E-state index is 0.235. The van der Waals surface area contributed by atoms with Crippen LogP contribution in [-0.2, 0) is 19.4 Å². The minimum atomic E-state index is -3.72. The highest BCUT2D eigenvalue weighted by molar-refractivity contribution is 7.93. The summed E-state index contributed by atoms with van der Waals surface area (Å²) in [7, 11) is -3.72. The fourth-order valence-corrected chi connectivity index (χ4v) is 5.50. The summed E-state index contributed by atoms with van der Waals surface area (Å²) in [5.41, 5.74) is 0.988. The molecule has 4 nitrogen and oxygen atoms in total. The molecule has 1 aromatic rings. The van der Waals surface area contributed by atoms with Crippen LogP contribution >= 0.6 is 0 Å². The van der Waals surface area contributed by atoms with Crippen molar-refractivity contribution in [2.45, 2.75) is 49.2 Å². The maximum atomic E-state index is 13.3. The van der Waals surface area contributed by atoms with Crippen molar-refractivity contribution in [3.05, 3.63) is 42.5 Å². The van der Waals surface area contributed by atoms with Gasteiger partial charge < -0.3 is 4.74 Å². The van der Waals surface area contributed by atoms with Gasteiger partial charge in [-0.3, -0.25) is 4.79 Å². The molecule has 2 rings (SSSR count). The van der Waals surface area contributed by atoms with Gasteiger partial charge in [-0.15, -0.1) is 6.58 Å². The van der Waals surface area contributed by atoms with Crippen LogP contribution in [0.3, 0.4) is 0 Å². The van der Waals surface area contributed by atoms with E-state index in [0.717, 1.165) is 18.4 Å².